The minimum absolute atomic E-state index is 0. The molecule has 0 rings (SSSR count). The van der Waals surface area contributed by atoms with E-state index in [1.165, 1.54) is 17.6 Å². The average molecular weight is 411 g/mol. The number of nitrogens with one attached hydrogen (secondary N) is 1. The zero-order valence-corrected chi connectivity index (χ0v) is 19.8. The number of carbonyl (C=O) groups excluding carboxylic acids is 1. The maximum absolute atomic E-state index is 11.8. The number of hydrogen-bond acceptors (Lipinski definition) is 2. The van der Waals surface area contributed by atoms with Gasteiger partial charge in [-0.2, -0.15) is 0 Å². The van der Waals surface area contributed by atoms with Crippen LogP contribution in [-0.2, 0) is 4.79 Å². The standard InChI is InChI=1S/C24H42N2O.ClH/c1-7-8-9-10-13-21(2)14-11-15-22(3)16-12-17-23(4)20-24(27)25-18-19-26(5)6;/h8-9,14,16,20H,7,10-13,15,17-19H2,1-6H3,(H,25,27);1H/b9-8+,21-14+,22-16+,23-20+;. The van der Waals surface area contributed by atoms with Crippen LogP contribution in [0.25, 0.3) is 0 Å². The molecule has 3 nitrogen and oxygen atoms in total. The SMILES string of the molecule is CC/C=C/CC/C(C)=C/CC/C(C)=C/CC/C(C)=C/C(=O)NCCN(C)C.Cl. The average Bonchev–Trinajstić information content (AvgIpc) is 2.58. The van der Waals surface area contributed by atoms with Gasteiger partial charge >= 0.3 is 0 Å². The molecular weight excluding hydrogens is 368 g/mol. The first kappa shape index (κ1) is 28.9. The largest absolute Gasteiger partial charge is 0.351 e. The van der Waals surface area contributed by atoms with Crippen LogP contribution in [0.4, 0.5) is 0 Å². The number of rotatable bonds is 14. The van der Waals surface area contributed by atoms with Crippen LogP contribution in [-0.4, -0.2) is 38.0 Å². The molecular formula is C24H43ClN2O. The van der Waals surface area contributed by atoms with E-state index >= 15 is 0 Å². The highest BCUT2D eigenvalue weighted by Gasteiger charge is 1.98. The van der Waals surface area contributed by atoms with E-state index < -0.39 is 0 Å². The second kappa shape index (κ2) is 19.0. The van der Waals surface area contributed by atoms with Crippen molar-refractivity contribution in [3.63, 3.8) is 0 Å². The Morgan fingerprint density at radius 2 is 1.39 bits per heavy atom. The molecule has 0 saturated heterocycles. The maximum Gasteiger partial charge on any atom is 0.243 e. The van der Waals surface area contributed by atoms with E-state index in [0.717, 1.165) is 50.6 Å². The molecule has 0 atom stereocenters. The van der Waals surface area contributed by atoms with Gasteiger partial charge < -0.3 is 10.2 Å². The summed E-state index contributed by atoms with van der Waals surface area (Å²) in [6, 6.07) is 0. The van der Waals surface area contributed by atoms with Gasteiger partial charge in [-0.05, 0) is 79.8 Å². The monoisotopic (exact) mass is 410 g/mol. The molecule has 0 aliphatic carbocycles. The van der Waals surface area contributed by atoms with E-state index in [9.17, 15) is 4.79 Å². The van der Waals surface area contributed by atoms with Crippen molar-refractivity contribution in [2.45, 2.75) is 72.6 Å². The summed E-state index contributed by atoms with van der Waals surface area (Å²) in [6.45, 7) is 10.2. The van der Waals surface area contributed by atoms with Crippen molar-refractivity contribution >= 4 is 18.3 Å². The Kier molecular flexibility index (Phi) is 19.6. The molecule has 0 aromatic heterocycles. The number of allylic oxidation sites excluding steroid dienone is 7. The number of likely N-dealkylation sites (N-methyl/N-ethyl adjacent to an activating group) is 1. The molecule has 0 spiro atoms. The fraction of sp³-hybridized carbons (Fsp3) is 0.625. The molecule has 0 aliphatic heterocycles. The summed E-state index contributed by atoms with van der Waals surface area (Å²) in [6.07, 6.45) is 18.6. The van der Waals surface area contributed by atoms with Gasteiger partial charge in [-0.25, -0.2) is 0 Å². The Morgan fingerprint density at radius 1 is 0.857 bits per heavy atom. The third kappa shape index (κ3) is 19.4. The second-order valence-corrected chi connectivity index (χ2v) is 7.68. The lowest BCUT2D eigenvalue weighted by Gasteiger charge is -2.09. The van der Waals surface area contributed by atoms with Crippen LogP contribution in [0.15, 0.2) is 47.1 Å². The summed E-state index contributed by atoms with van der Waals surface area (Å²) in [5, 5.41) is 2.92. The van der Waals surface area contributed by atoms with Gasteiger partial charge in [0.1, 0.15) is 0 Å². The normalized spacial score (nSPS) is 13.2. The van der Waals surface area contributed by atoms with Crippen LogP contribution < -0.4 is 5.32 Å². The molecule has 0 aromatic carbocycles. The van der Waals surface area contributed by atoms with Gasteiger partial charge in [0.2, 0.25) is 5.91 Å². The lowest BCUT2D eigenvalue weighted by Crippen LogP contribution is -2.30. The lowest BCUT2D eigenvalue weighted by molar-refractivity contribution is -0.116. The molecule has 0 radical (unpaired) electrons. The molecule has 0 aromatic rings. The zero-order valence-electron chi connectivity index (χ0n) is 19.0. The zero-order chi connectivity index (χ0) is 20.5. The highest BCUT2D eigenvalue weighted by Crippen LogP contribution is 2.13. The van der Waals surface area contributed by atoms with Gasteiger partial charge in [0.25, 0.3) is 0 Å². The highest BCUT2D eigenvalue weighted by atomic mass is 35.5. The number of hydrogen-bond donors (Lipinski definition) is 1. The topological polar surface area (TPSA) is 32.3 Å². The van der Waals surface area contributed by atoms with Gasteiger partial charge in [-0.15, -0.1) is 12.4 Å². The van der Waals surface area contributed by atoms with Gasteiger partial charge in [0.05, 0.1) is 0 Å². The minimum Gasteiger partial charge on any atom is -0.351 e. The Bertz CT molecular complexity index is 531. The van der Waals surface area contributed by atoms with Crippen LogP contribution in [0.2, 0.25) is 0 Å². The molecule has 0 heterocycles. The summed E-state index contributed by atoms with van der Waals surface area (Å²) < 4.78 is 0. The molecule has 1 N–H and O–H groups in total. The Hall–Kier alpha value is -1.32. The van der Waals surface area contributed by atoms with Crippen molar-refractivity contribution in [1.82, 2.24) is 10.2 Å². The molecule has 1 amide bonds. The Balaban J connectivity index is 0. The van der Waals surface area contributed by atoms with E-state index in [4.69, 9.17) is 0 Å². The number of halogens is 1. The number of amides is 1. The Morgan fingerprint density at radius 3 is 1.93 bits per heavy atom. The van der Waals surface area contributed by atoms with Gasteiger partial charge in [-0.3, -0.25) is 4.79 Å². The fourth-order valence-corrected chi connectivity index (χ4v) is 2.64. The molecule has 0 unspecified atom stereocenters. The minimum atomic E-state index is 0. The first-order valence-electron chi connectivity index (χ1n) is 10.4. The van der Waals surface area contributed by atoms with Crippen molar-refractivity contribution in [2.75, 3.05) is 27.2 Å². The van der Waals surface area contributed by atoms with Gasteiger partial charge in [-0.1, -0.05) is 47.9 Å². The third-order valence-corrected chi connectivity index (χ3v) is 4.41. The van der Waals surface area contributed by atoms with Crippen LogP contribution in [0, 0.1) is 0 Å². The summed E-state index contributed by atoms with van der Waals surface area (Å²) >= 11 is 0. The third-order valence-electron chi connectivity index (χ3n) is 4.41. The van der Waals surface area contributed by atoms with E-state index in [-0.39, 0.29) is 18.3 Å². The van der Waals surface area contributed by atoms with Crippen molar-refractivity contribution in [1.29, 1.82) is 0 Å². The summed E-state index contributed by atoms with van der Waals surface area (Å²) in [4.78, 5) is 13.9. The second-order valence-electron chi connectivity index (χ2n) is 7.68. The molecule has 0 bridgehead atoms. The van der Waals surface area contributed by atoms with Crippen molar-refractivity contribution in [3.05, 3.63) is 47.1 Å². The molecule has 162 valence electrons. The Labute approximate surface area is 180 Å². The van der Waals surface area contributed by atoms with E-state index in [2.05, 4.69) is 55.3 Å². The van der Waals surface area contributed by atoms with Crippen LogP contribution in [0.1, 0.15) is 72.6 Å². The molecule has 28 heavy (non-hydrogen) atoms. The quantitative estimate of drug-likeness (QED) is 0.272. The molecule has 0 aliphatic rings. The van der Waals surface area contributed by atoms with E-state index in [1.807, 2.05) is 21.0 Å². The summed E-state index contributed by atoms with van der Waals surface area (Å²) in [5.74, 6) is 0.0180. The van der Waals surface area contributed by atoms with Gasteiger partial charge in [0, 0.05) is 19.2 Å². The predicted molar refractivity (Wildman–Crippen MR) is 127 cm³/mol. The van der Waals surface area contributed by atoms with Crippen molar-refractivity contribution < 1.29 is 4.79 Å². The maximum atomic E-state index is 11.8. The predicted octanol–water partition coefficient (Wildman–Crippen LogP) is 6.23. The highest BCUT2D eigenvalue weighted by molar-refractivity contribution is 5.88. The summed E-state index contributed by atoms with van der Waals surface area (Å²) in [7, 11) is 4.01. The summed E-state index contributed by atoms with van der Waals surface area (Å²) in [5.41, 5.74) is 4.06. The van der Waals surface area contributed by atoms with Crippen LogP contribution in [0.5, 0.6) is 0 Å². The smallest absolute Gasteiger partial charge is 0.243 e. The van der Waals surface area contributed by atoms with Crippen molar-refractivity contribution in [3.8, 4) is 0 Å². The fourth-order valence-electron chi connectivity index (χ4n) is 2.64. The van der Waals surface area contributed by atoms with Gasteiger partial charge in [0.15, 0.2) is 0 Å². The van der Waals surface area contributed by atoms with Crippen LogP contribution >= 0.6 is 12.4 Å². The first-order chi connectivity index (χ1) is 12.8. The molecule has 0 saturated carbocycles. The number of nitrogens with zero attached hydrogens (tertiary/aromatic N) is 1. The van der Waals surface area contributed by atoms with E-state index in [0.29, 0.717) is 6.54 Å². The molecule has 0 fully saturated rings. The molecule has 4 heteroatoms. The number of carbonyl (C=O) groups is 1. The first-order valence-corrected chi connectivity index (χ1v) is 10.4. The lowest BCUT2D eigenvalue weighted by atomic mass is 10.0. The van der Waals surface area contributed by atoms with Crippen LogP contribution in [0.3, 0.4) is 0 Å². The van der Waals surface area contributed by atoms with E-state index in [1.54, 1.807) is 6.08 Å². The van der Waals surface area contributed by atoms with Crippen molar-refractivity contribution in [2.24, 2.45) is 0 Å².